The van der Waals surface area contributed by atoms with Crippen LogP contribution in [0.5, 0.6) is 0 Å². The first-order valence-electron chi connectivity index (χ1n) is 6.19. The van der Waals surface area contributed by atoms with Gasteiger partial charge in [0.2, 0.25) is 0 Å². The van der Waals surface area contributed by atoms with Gasteiger partial charge in [0.1, 0.15) is 11.3 Å². The second kappa shape index (κ2) is 4.57. The number of rotatable bonds is 0. The zero-order valence-electron chi connectivity index (χ0n) is 11.6. The van der Waals surface area contributed by atoms with Gasteiger partial charge in [-0.1, -0.05) is 0 Å². The molecule has 1 aliphatic heterocycles. The lowest BCUT2D eigenvalue weighted by molar-refractivity contribution is -0.0624. The number of nitrogen functional groups attached to an aromatic ring is 1. The summed E-state index contributed by atoms with van der Waals surface area (Å²) in [5, 5.41) is 0. The standard InChI is InChI=1S/C13H17F2N3O2/c1-12(2,3)20-11(19)18-6-8-4-9(16)5-17-10(8)13(14,15)7-18/h4-5H,6-7,16H2,1-3H3. The maximum absolute atomic E-state index is 14.0. The van der Waals surface area contributed by atoms with Crippen LogP contribution in [0.1, 0.15) is 32.0 Å². The fourth-order valence-electron chi connectivity index (χ4n) is 2.01. The van der Waals surface area contributed by atoms with Gasteiger partial charge < -0.3 is 10.5 Å². The molecule has 5 nitrogen and oxygen atoms in total. The lowest BCUT2D eigenvalue weighted by Gasteiger charge is -2.34. The predicted octanol–water partition coefficient (Wildman–Crippen LogP) is 2.51. The molecule has 0 spiro atoms. The summed E-state index contributed by atoms with van der Waals surface area (Å²) in [6.45, 7) is 4.31. The Hall–Kier alpha value is -1.92. The van der Waals surface area contributed by atoms with Crippen LogP contribution in [0.4, 0.5) is 19.3 Å². The highest BCUT2D eigenvalue weighted by atomic mass is 19.3. The predicted molar refractivity (Wildman–Crippen MR) is 69.2 cm³/mol. The summed E-state index contributed by atoms with van der Waals surface area (Å²) in [5.41, 5.74) is 5.01. The highest BCUT2D eigenvalue weighted by Gasteiger charge is 2.44. The highest BCUT2D eigenvalue weighted by Crippen LogP contribution is 2.36. The Labute approximate surface area is 115 Å². The average molecular weight is 285 g/mol. The zero-order valence-corrected chi connectivity index (χ0v) is 11.6. The maximum Gasteiger partial charge on any atom is 0.410 e. The largest absolute Gasteiger partial charge is 0.444 e. The normalized spacial score (nSPS) is 17.6. The van der Waals surface area contributed by atoms with Crippen LogP contribution < -0.4 is 5.73 Å². The lowest BCUT2D eigenvalue weighted by atomic mass is 10.0. The van der Waals surface area contributed by atoms with Gasteiger partial charge in [0.15, 0.2) is 0 Å². The Morgan fingerprint density at radius 2 is 2.15 bits per heavy atom. The number of ether oxygens (including phenoxy) is 1. The number of carbonyl (C=O) groups is 1. The second-order valence-corrected chi connectivity index (χ2v) is 5.82. The number of hydrogen-bond donors (Lipinski definition) is 1. The number of fused-ring (bicyclic) bond motifs is 1. The number of anilines is 1. The van der Waals surface area contributed by atoms with E-state index in [-0.39, 0.29) is 23.5 Å². The van der Waals surface area contributed by atoms with Gasteiger partial charge in [-0.2, -0.15) is 8.78 Å². The molecular weight excluding hydrogens is 268 g/mol. The minimum Gasteiger partial charge on any atom is -0.444 e. The van der Waals surface area contributed by atoms with Gasteiger partial charge in [-0.05, 0) is 26.8 Å². The minimum atomic E-state index is -3.21. The molecule has 1 aromatic heterocycles. The number of pyridine rings is 1. The quantitative estimate of drug-likeness (QED) is 0.795. The van der Waals surface area contributed by atoms with Crippen LogP contribution in [0.2, 0.25) is 0 Å². The summed E-state index contributed by atoms with van der Waals surface area (Å²) in [5.74, 6) is -3.21. The van der Waals surface area contributed by atoms with Crippen molar-refractivity contribution in [3.05, 3.63) is 23.5 Å². The monoisotopic (exact) mass is 285 g/mol. The molecular formula is C13H17F2N3O2. The lowest BCUT2D eigenvalue weighted by Crippen LogP contribution is -2.46. The summed E-state index contributed by atoms with van der Waals surface area (Å²) in [4.78, 5) is 16.6. The van der Waals surface area contributed by atoms with Crippen LogP contribution in [0.15, 0.2) is 12.3 Å². The van der Waals surface area contributed by atoms with E-state index in [1.807, 2.05) is 0 Å². The molecule has 0 bridgehead atoms. The Kier molecular flexibility index (Phi) is 3.31. The van der Waals surface area contributed by atoms with Gasteiger partial charge in [-0.15, -0.1) is 0 Å². The molecule has 0 aliphatic carbocycles. The third-order valence-electron chi connectivity index (χ3n) is 2.74. The van der Waals surface area contributed by atoms with Crippen LogP contribution in [-0.4, -0.2) is 28.1 Å². The van der Waals surface area contributed by atoms with Crippen LogP contribution in [0, 0.1) is 0 Å². The van der Waals surface area contributed by atoms with E-state index in [2.05, 4.69) is 4.98 Å². The molecule has 2 heterocycles. The van der Waals surface area contributed by atoms with Crippen molar-refractivity contribution in [3.63, 3.8) is 0 Å². The number of amides is 1. The fourth-order valence-corrected chi connectivity index (χ4v) is 2.01. The van der Waals surface area contributed by atoms with Gasteiger partial charge in [-0.3, -0.25) is 9.88 Å². The molecule has 7 heteroatoms. The van der Waals surface area contributed by atoms with Gasteiger partial charge in [0.25, 0.3) is 0 Å². The van der Waals surface area contributed by atoms with Crippen molar-refractivity contribution in [1.82, 2.24) is 9.88 Å². The van der Waals surface area contributed by atoms with Crippen LogP contribution >= 0.6 is 0 Å². The van der Waals surface area contributed by atoms with Gasteiger partial charge >= 0.3 is 12.0 Å². The van der Waals surface area contributed by atoms with Crippen LogP contribution in [0.25, 0.3) is 0 Å². The first kappa shape index (κ1) is 14.5. The summed E-state index contributed by atoms with van der Waals surface area (Å²) >= 11 is 0. The molecule has 1 aliphatic rings. The second-order valence-electron chi connectivity index (χ2n) is 5.82. The van der Waals surface area contributed by atoms with Crippen molar-refractivity contribution in [2.24, 2.45) is 0 Å². The summed E-state index contributed by atoms with van der Waals surface area (Å²) in [6.07, 6.45) is 0.417. The van der Waals surface area contributed by atoms with E-state index in [0.29, 0.717) is 0 Å². The number of aromatic nitrogens is 1. The molecule has 0 unspecified atom stereocenters. The van der Waals surface area contributed by atoms with Crippen LogP contribution in [-0.2, 0) is 17.2 Å². The smallest absolute Gasteiger partial charge is 0.410 e. The van der Waals surface area contributed by atoms with E-state index in [0.717, 1.165) is 4.90 Å². The first-order chi connectivity index (χ1) is 9.08. The average Bonchev–Trinajstić information content (AvgIpc) is 2.24. The Morgan fingerprint density at radius 3 is 2.75 bits per heavy atom. The van der Waals surface area contributed by atoms with E-state index in [4.69, 9.17) is 10.5 Å². The molecule has 0 aromatic carbocycles. The Balaban J connectivity index is 2.28. The number of alkyl halides is 2. The molecule has 0 fully saturated rings. The molecule has 110 valence electrons. The third kappa shape index (κ3) is 2.97. The van der Waals surface area contributed by atoms with E-state index in [1.165, 1.54) is 12.3 Å². The fraction of sp³-hybridized carbons (Fsp3) is 0.538. The van der Waals surface area contributed by atoms with Crippen molar-refractivity contribution in [1.29, 1.82) is 0 Å². The maximum atomic E-state index is 14.0. The Morgan fingerprint density at radius 1 is 1.50 bits per heavy atom. The van der Waals surface area contributed by atoms with E-state index in [9.17, 15) is 13.6 Å². The van der Waals surface area contributed by atoms with Crippen LogP contribution in [0.3, 0.4) is 0 Å². The van der Waals surface area contributed by atoms with Crippen molar-refractivity contribution < 1.29 is 18.3 Å². The summed E-state index contributed by atoms with van der Waals surface area (Å²) < 4.78 is 33.2. The van der Waals surface area contributed by atoms with Crippen molar-refractivity contribution in [2.75, 3.05) is 12.3 Å². The van der Waals surface area contributed by atoms with Gasteiger partial charge in [0.05, 0.1) is 25.0 Å². The molecule has 0 saturated carbocycles. The molecule has 0 atom stereocenters. The summed E-state index contributed by atoms with van der Waals surface area (Å²) in [7, 11) is 0. The number of nitrogens with zero attached hydrogens (tertiary/aromatic N) is 2. The molecule has 2 N–H and O–H groups in total. The summed E-state index contributed by atoms with van der Waals surface area (Å²) in [6, 6.07) is 1.41. The topological polar surface area (TPSA) is 68.5 Å². The Bertz CT molecular complexity index is 541. The first-order valence-corrected chi connectivity index (χ1v) is 6.19. The van der Waals surface area contributed by atoms with Crippen molar-refractivity contribution >= 4 is 11.8 Å². The minimum absolute atomic E-state index is 0.0118. The van der Waals surface area contributed by atoms with E-state index < -0.39 is 24.2 Å². The van der Waals surface area contributed by atoms with Crippen molar-refractivity contribution in [3.8, 4) is 0 Å². The molecule has 0 radical (unpaired) electrons. The molecule has 20 heavy (non-hydrogen) atoms. The van der Waals surface area contributed by atoms with E-state index >= 15 is 0 Å². The van der Waals surface area contributed by atoms with Crippen molar-refractivity contribution in [2.45, 2.75) is 38.8 Å². The number of nitrogens with two attached hydrogens (primary N) is 1. The molecule has 1 aromatic rings. The molecule has 1 amide bonds. The van der Waals surface area contributed by atoms with Gasteiger partial charge in [-0.25, -0.2) is 4.79 Å². The van der Waals surface area contributed by atoms with E-state index in [1.54, 1.807) is 20.8 Å². The molecule has 0 saturated heterocycles. The zero-order chi connectivity index (χ0) is 15.1. The van der Waals surface area contributed by atoms with Gasteiger partial charge in [0, 0.05) is 5.56 Å². The third-order valence-corrected chi connectivity index (χ3v) is 2.74. The molecule has 2 rings (SSSR count). The number of halogens is 2. The number of carbonyl (C=O) groups excluding carboxylic acids is 1. The highest BCUT2D eigenvalue weighted by molar-refractivity contribution is 5.69. The number of hydrogen-bond acceptors (Lipinski definition) is 4. The SMILES string of the molecule is CC(C)(C)OC(=O)N1Cc2cc(N)cnc2C(F)(F)C1.